The number of aryl methyl sites for hydroxylation is 2. The van der Waals surface area contributed by atoms with E-state index in [1.54, 1.807) is 26.0 Å². The minimum absolute atomic E-state index is 0.0265. The van der Waals surface area contributed by atoms with Gasteiger partial charge in [-0.3, -0.25) is 4.79 Å². The number of benzene rings is 1. The molecule has 0 aliphatic heterocycles. The van der Waals surface area contributed by atoms with Crippen molar-refractivity contribution < 1.29 is 9.18 Å². The van der Waals surface area contributed by atoms with Gasteiger partial charge in [0.15, 0.2) is 0 Å². The zero-order valence-corrected chi connectivity index (χ0v) is 12.3. The predicted molar refractivity (Wildman–Crippen MR) is 77.7 cm³/mol. The van der Waals surface area contributed by atoms with Gasteiger partial charge in [-0.2, -0.15) is 0 Å². The molecule has 1 amide bonds. The first-order chi connectivity index (χ1) is 9.46. The van der Waals surface area contributed by atoms with Crippen molar-refractivity contribution >= 4 is 5.91 Å². The molecule has 0 saturated heterocycles. The fourth-order valence-corrected chi connectivity index (χ4v) is 2.87. The average molecular weight is 278 g/mol. The molecule has 20 heavy (non-hydrogen) atoms. The molecule has 0 bridgehead atoms. The molecule has 1 aliphatic rings. The number of hydrogen-bond acceptors (Lipinski definition) is 2. The molecular weight excluding hydrogens is 255 g/mol. The highest BCUT2D eigenvalue weighted by molar-refractivity contribution is 5.76. The van der Waals surface area contributed by atoms with Crippen LogP contribution in [0, 0.1) is 25.1 Å². The largest absolute Gasteiger partial charge is 0.352 e. The third-order valence-electron chi connectivity index (χ3n) is 4.37. The van der Waals surface area contributed by atoms with E-state index < -0.39 is 0 Å². The van der Waals surface area contributed by atoms with Gasteiger partial charge >= 0.3 is 0 Å². The number of nitrogens with one attached hydrogen (secondary N) is 1. The summed E-state index contributed by atoms with van der Waals surface area (Å²) in [6, 6.07) is 3.56. The van der Waals surface area contributed by atoms with Crippen molar-refractivity contribution in [2.75, 3.05) is 6.54 Å². The van der Waals surface area contributed by atoms with E-state index in [2.05, 4.69) is 5.32 Å². The van der Waals surface area contributed by atoms with Crippen LogP contribution in [0.25, 0.3) is 0 Å². The van der Waals surface area contributed by atoms with Crippen LogP contribution in [0.5, 0.6) is 0 Å². The smallest absolute Gasteiger partial charge is 0.220 e. The Balaban J connectivity index is 1.90. The molecule has 110 valence electrons. The summed E-state index contributed by atoms with van der Waals surface area (Å²) in [5.74, 6) is -0.133. The monoisotopic (exact) mass is 278 g/mol. The molecule has 0 atom stereocenters. The van der Waals surface area contributed by atoms with Gasteiger partial charge < -0.3 is 11.1 Å². The normalized spacial score (nSPS) is 16.6. The van der Waals surface area contributed by atoms with Gasteiger partial charge in [-0.05, 0) is 55.3 Å². The Hall–Kier alpha value is -1.42. The summed E-state index contributed by atoms with van der Waals surface area (Å²) in [6.07, 6.45) is 3.76. The standard InChI is InChI=1S/C16H23FN2O/c1-11-6-13(7-12(2)15(11)17)9-19-14(20)8-16(10-18)4-3-5-16/h6-7H,3-5,8-10,18H2,1-2H3,(H,19,20). The van der Waals surface area contributed by atoms with E-state index in [0.29, 0.717) is 30.6 Å². The Bertz CT molecular complexity index is 481. The highest BCUT2D eigenvalue weighted by atomic mass is 19.1. The third-order valence-corrected chi connectivity index (χ3v) is 4.37. The van der Waals surface area contributed by atoms with Crippen molar-refractivity contribution in [1.29, 1.82) is 0 Å². The Kier molecular flexibility index (Phi) is 4.43. The number of halogens is 1. The third kappa shape index (κ3) is 3.18. The summed E-state index contributed by atoms with van der Waals surface area (Å²) in [4.78, 5) is 12.0. The molecule has 1 aromatic rings. The van der Waals surface area contributed by atoms with Gasteiger partial charge in [0.05, 0.1) is 0 Å². The summed E-state index contributed by atoms with van der Waals surface area (Å²) in [6.45, 7) is 4.51. The van der Waals surface area contributed by atoms with E-state index in [-0.39, 0.29) is 17.1 Å². The van der Waals surface area contributed by atoms with Gasteiger partial charge in [0.25, 0.3) is 0 Å². The van der Waals surface area contributed by atoms with Crippen molar-refractivity contribution in [3.63, 3.8) is 0 Å². The molecule has 1 aromatic carbocycles. The summed E-state index contributed by atoms with van der Waals surface area (Å²) in [5.41, 5.74) is 7.96. The summed E-state index contributed by atoms with van der Waals surface area (Å²) in [5, 5.41) is 2.91. The quantitative estimate of drug-likeness (QED) is 0.869. The highest BCUT2D eigenvalue weighted by Crippen LogP contribution is 2.42. The Morgan fingerprint density at radius 2 is 1.95 bits per heavy atom. The zero-order valence-electron chi connectivity index (χ0n) is 12.3. The fraction of sp³-hybridized carbons (Fsp3) is 0.562. The molecule has 1 aliphatic carbocycles. The maximum absolute atomic E-state index is 13.5. The lowest BCUT2D eigenvalue weighted by Crippen LogP contribution is -2.41. The first-order valence-corrected chi connectivity index (χ1v) is 7.18. The van der Waals surface area contributed by atoms with Gasteiger partial charge in [-0.15, -0.1) is 0 Å². The van der Waals surface area contributed by atoms with Crippen molar-refractivity contribution in [2.24, 2.45) is 11.1 Å². The SMILES string of the molecule is Cc1cc(CNC(=O)CC2(CN)CCC2)cc(C)c1F. The van der Waals surface area contributed by atoms with E-state index >= 15 is 0 Å². The Morgan fingerprint density at radius 3 is 2.40 bits per heavy atom. The van der Waals surface area contributed by atoms with Crippen LogP contribution in [0.4, 0.5) is 4.39 Å². The molecule has 0 radical (unpaired) electrons. The molecule has 3 nitrogen and oxygen atoms in total. The topological polar surface area (TPSA) is 55.1 Å². The fourth-order valence-electron chi connectivity index (χ4n) is 2.87. The van der Waals surface area contributed by atoms with Gasteiger partial charge in [0.2, 0.25) is 5.91 Å². The number of carbonyl (C=O) groups is 1. The number of amides is 1. The highest BCUT2D eigenvalue weighted by Gasteiger charge is 2.37. The van der Waals surface area contributed by atoms with Crippen LogP contribution in [0.1, 0.15) is 42.4 Å². The van der Waals surface area contributed by atoms with Crippen LogP contribution in [0.3, 0.4) is 0 Å². The van der Waals surface area contributed by atoms with Gasteiger partial charge in [0, 0.05) is 13.0 Å². The lowest BCUT2D eigenvalue weighted by Gasteiger charge is -2.40. The van der Waals surface area contributed by atoms with Crippen LogP contribution >= 0.6 is 0 Å². The second-order valence-electron chi connectivity index (χ2n) is 6.05. The van der Waals surface area contributed by atoms with Gasteiger partial charge in [-0.25, -0.2) is 4.39 Å². The molecule has 0 aromatic heterocycles. The molecule has 0 spiro atoms. The lowest BCUT2D eigenvalue weighted by atomic mass is 9.66. The van der Waals surface area contributed by atoms with E-state index in [0.717, 1.165) is 18.4 Å². The molecule has 4 heteroatoms. The van der Waals surface area contributed by atoms with E-state index in [1.807, 2.05) is 0 Å². The van der Waals surface area contributed by atoms with Crippen molar-refractivity contribution in [3.05, 3.63) is 34.6 Å². The maximum atomic E-state index is 13.5. The van der Waals surface area contributed by atoms with Crippen LogP contribution < -0.4 is 11.1 Å². The summed E-state index contributed by atoms with van der Waals surface area (Å²) in [7, 11) is 0. The number of carbonyl (C=O) groups excluding carboxylic acids is 1. The Labute approximate surface area is 119 Å². The Morgan fingerprint density at radius 1 is 1.35 bits per heavy atom. The number of hydrogen-bond donors (Lipinski definition) is 2. The minimum Gasteiger partial charge on any atom is -0.352 e. The molecular formula is C16H23FN2O. The second kappa shape index (κ2) is 5.92. The summed E-state index contributed by atoms with van der Waals surface area (Å²) < 4.78 is 13.5. The minimum atomic E-state index is -0.170. The van der Waals surface area contributed by atoms with Crippen LogP contribution in [0.15, 0.2) is 12.1 Å². The van der Waals surface area contributed by atoms with Crippen molar-refractivity contribution in [3.8, 4) is 0 Å². The molecule has 3 N–H and O–H groups in total. The molecule has 1 fully saturated rings. The first-order valence-electron chi connectivity index (χ1n) is 7.18. The second-order valence-corrected chi connectivity index (χ2v) is 6.05. The number of nitrogens with two attached hydrogens (primary N) is 1. The molecule has 0 unspecified atom stereocenters. The number of rotatable bonds is 5. The van der Waals surface area contributed by atoms with E-state index in [9.17, 15) is 9.18 Å². The maximum Gasteiger partial charge on any atom is 0.220 e. The zero-order chi connectivity index (χ0) is 14.8. The van der Waals surface area contributed by atoms with E-state index in [4.69, 9.17) is 5.73 Å². The molecule has 2 rings (SSSR count). The van der Waals surface area contributed by atoms with Crippen LogP contribution in [-0.2, 0) is 11.3 Å². The van der Waals surface area contributed by atoms with Crippen LogP contribution in [-0.4, -0.2) is 12.5 Å². The first kappa shape index (κ1) is 15.0. The van der Waals surface area contributed by atoms with Crippen molar-refractivity contribution in [2.45, 2.75) is 46.1 Å². The molecule has 0 heterocycles. The van der Waals surface area contributed by atoms with Crippen LogP contribution in [0.2, 0.25) is 0 Å². The predicted octanol–water partition coefficient (Wildman–Crippen LogP) is 2.58. The molecule has 1 saturated carbocycles. The van der Waals surface area contributed by atoms with Crippen molar-refractivity contribution in [1.82, 2.24) is 5.32 Å². The van der Waals surface area contributed by atoms with Gasteiger partial charge in [0.1, 0.15) is 5.82 Å². The lowest BCUT2D eigenvalue weighted by molar-refractivity contribution is -0.124. The summed E-state index contributed by atoms with van der Waals surface area (Å²) >= 11 is 0. The average Bonchev–Trinajstić information content (AvgIpc) is 2.37. The van der Waals surface area contributed by atoms with Gasteiger partial charge in [-0.1, -0.05) is 18.6 Å². The van der Waals surface area contributed by atoms with E-state index in [1.165, 1.54) is 6.42 Å².